The highest BCUT2D eigenvalue weighted by molar-refractivity contribution is 6.36. The number of hydrogen-bond acceptors (Lipinski definition) is 5. The van der Waals surface area contributed by atoms with Crippen LogP contribution in [-0.2, 0) is 14.3 Å². The minimum atomic E-state index is -0.948. The minimum Gasteiger partial charge on any atom is -0.452 e. The number of halogens is 2. The smallest absolute Gasteiger partial charge is 0.344 e. The summed E-state index contributed by atoms with van der Waals surface area (Å²) in [5.41, 5.74) is 1.28. The summed E-state index contributed by atoms with van der Waals surface area (Å²) in [5.74, 6) is -2.13. The summed E-state index contributed by atoms with van der Waals surface area (Å²) in [5, 5.41) is 3.75. The Morgan fingerprint density at radius 3 is 2.56 bits per heavy atom. The third-order valence-corrected chi connectivity index (χ3v) is 5.14. The summed E-state index contributed by atoms with van der Waals surface area (Å²) in [6.07, 6.45) is 3.73. The van der Waals surface area contributed by atoms with Crippen LogP contribution in [0.1, 0.15) is 42.5 Å². The topological polar surface area (TPSA) is 105 Å². The molecule has 2 fully saturated rings. The molecule has 8 nitrogen and oxygen atoms in total. The quantitative estimate of drug-likeness (QED) is 0.582. The first-order valence-corrected chi connectivity index (χ1v) is 9.16. The maximum atomic E-state index is 12.6. The Labute approximate surface area is 165 Å². The normalized spacial score (nSPS) is 18.4. The van der Waals surface area contributed by atoms with Crippen molar-refractivity contribution in [2.45, 2.75) is 37.6 Å². The van der Waals surface area contributed by atoms with Gasteiger partial charge >= 0.3 is 12.0 Å². The second-order valence-electron chi connectivity index (χ2n) is 6.45. The van der Waals surface area contributed by atoms with Gasteiger partial charge in [0.15, 0.2) is 6.61 Å². The SMILES string of the molecule is O=C(COC(=O)c1ccc(Cl)cc1Cl)NN1C(=O)NC2(CCCCC2)C1=O. The molecule has 0 atom stereocenters. The predicted octanol–water partition coefficient (Wildman–Crippen LogP) is 2.44. The van der Waals surface area contributed by atoms with Crippen molar-refractivity contribution in [3.05, 3.63) is 33.8 Å². The summed E-state index contributed by atoms with van der Waals surface area (Å²) in [4.78, 5) is 48.6. The molecular formula is C17H17Cl2N3O5. The van der Waals surface area contributed by atoms with E-state index in [-0.39, 0.29) is 10.6 Å². The van der Waals surface area contributed by atoms with Crippen LogP contribution in [0.2, 0.25) is 10.0 Å². The lowest BCUT2D eigenvalue weighted by atomic mass is 9.82. The Bertz CT molecular complexity index is 808. The lowest BCUT2D eigenvalue weighted by Crippen LogP contribution is -2.51. The van der Waals surface area contributed by atoms with Gasteiger partial charge in [-0.05, 0) is 31.0 Å². The van der Waals surface area contributed by atoms with Crippen LogP contribution in [0.4, 0.5) is 4.79 Å². The Hall–Kier alpha value is -2.32. The largest absolute Gasteiger partial charge is 0.452 e. The van der Waals surface area contributed by atoms with E-state index < -0.39 is 36.0 Å². The van der Waals surface area contributed by atoms with Crippen molar-refractivity contribution < 1.29 is 23.9 Å². The van der Waals surface area contributed by atoms with Crippen LogP contribution >= 0.6 is 23.2 Å². The molecule has 27 heavy (non-hydrogen) atoms. The monoisotopic (exact) mass is 413 g/mol. The number of ether oxygens (including phenoxy) is 1. The van der Waals surface area contributed by atoms with Gasteiger partial charge in [-0.2, -0.15) is 5.01 Å². The Morgan fingerprint density at radius 1 is 1.19 bits per heavy atom. The fourth-order valence-corrected chi connectivity index (χ4v) is 3.72. The zero-order valence-corrected chi connectivity index (χ0v) is 15.7. The van der Waals surface area contributed by atoms with Crippen molar-refractivity contribution in [2.75, 3.05) is 6.61 Å². The zero-order chi connectivity index (χ0) is 19.6. The minimum absolute atomic E-state index is 0.0463. The first kappa shape index (κ1) is 19.4. The van der Waals surface area contributed by atoms with Gasteiger partial charge in [0.2, 0.25) is 0 Å². The van der Waals surface area contributed by atoms with Crippen molar-refractivity contribution in [1.29, 1.82) is 0 Å². The van der Waals surface area contributed by atoms with Crippen LogP contribution in [0.3, 0.4) is 0 Å². The fraction of sp³-hybridized carbons (Fsp3) is 0.412. The van der Waals surface area contributed by atoms with Crippen LogP contribution in [0.25, 0.3) is 0 Å². The van der Waals surface area contributed by atoms with Gasteiger partial charge in [0.05, 0.1) is 10.6 Å². The van der Waals surface area contributed by atoms with Crippen LogP contribution in [0.5, 0.6) is 0 Å². The van der Waals surface area contributed by atoms with E-state index in [4.69, 9.17) is 27.9 Å². The van der Waals surface area contributed by atoms with Gasteiger partial charge in [0, 0.05) is 5.02 Å². The molecule has 3 rings (SSSR count). The third kappa shape index (κ3) is 4.01. The molecule has 0 bridgehead atoms. The Balaban J connectivity index is 1.57. The number of esters is 1. The van der Waals surface area contributed by atoms with Gasteiger partial charge in [-0.15, -0.1) is 0 Å². The van der Waals surface area contributed by atoms with Gasteiger partial charge in [-0.3, -0.25) is 15.0 Å². The summed E-state index contributed by atoms with van der Waals surface area (Å²) in [6.45, 7) is -0.679. The Kier molecular flexibility index (Phi) is 5.57. The van der Waals surface area contributed by atoms with E-state index in [0.717, 1.165) is 19.3 Å². The number of urea groups is 1. The van der Waals surface area contributed by atoms with Crippen molar-refractivity contribution in [1.82, 2.24) is 15.8 Å². The number of benzene rings is 1. The lowest BCUT2D eigenvalue weighted by Gasteiger charge is -2.30. The van der Waals surface area contributed by atoms with Gasteiger partial charge in [0.1, 0.15) is 5.54 Å². The van der Waals surface area contributed by atoms with E-state index in [2.05, 4.69) is 10.7 Å². The summed E-state index contributed by atoms with van der Waals surface area (Å²) in [7, 11) is 0. The molecule has 1 spiro atoms. The third-order valence-electron chi connectivity index (χ3n) is 4.59. The molecule has 4 amide bonds. The number of rotatable bonds is 4. The number of carbonyl (C=O) groups excluding carboxylic acids is 4. The van der Waals surface area contributed by atoms with E-state index in [0.29, 0.717) is 22.9 Å². The molecule has 1 saturated carbocycles. The average Bonchev–Trinajstić information content (AvgIpc) is 2.84. The second kappa shape index (κ2) is 7.74. The van der Waals surface area contributed by atoms with Gasteiger partial charge in [0.25, 0.3) is 11.8 Å². The standard InChI is InChI=1S/C17H17Cl2N3O5/c18-10-4-5-11(12(19)8-10)14(24)27-9-13(23)21-22-15(25)17(20-16(22)26)6-2-1-3-7-17/h4-5,8H,1-3,6-7,9H2,(H,20,26)(H,21,23). The number of hydrazine groups is 1. The molecule has 144 valence electrons. The molecule has 0 unspecified atom stereocenters. The predicted molar refractivity (Wildman–Crippen MR) is 96.1 cm³/mol. The molecule has 2 N–H and O–H groups in total. The van der Waals surface area contributed by atoms with Crippen LogP contribution < -0.4 is 10.7 Å². The van der Waals surface area contributed by atoms with Crippen LogP contribution in [0.15, 0.2) is 18.2 Å². The molecule has 10 heteroatoms. The van der Waals surface area contributed by atoms with E-state index in [1.54, 1.807) is 0 Å². The number of amides is 4. The first-order valence-electron chi connectivity index (χ1n) is 8.41. The molecule has 2 aliphatic rings. The summed E-state index contributed by atoms with van der Waals surface area (Å²) in [6, 6.07) is 3.51. The fourth-order valence-electron chi connectivity index (χ4n) is 3.24. The van der Waals surface area contributed by atoms with E-state index in [1.165, 1.54) is 18.2 Å². The van der Waals surface area contributed by atoms with Crippen LogP contribution in [-0.4, -0.2) is 41.0 Å². The van der Waals surface area contributed by atoms with Gasteiger partial charge < -0.3 is 10.1 Å². The highest BCUT2D eigenvalue weighted by Crippen LogP contribution is 2.33. The highest BCUT2D eigenvalue weighted by atomic mass is 35.5. The van der Waals surface area contributed by atoms with Crippen molar-refractivity contribution in [3.8, 4) is 0 Å². The molecule has 0 radical (unpaired) electrons. The molecule has 0 aromatic heterocycles. The Morgan fingerprint density at radius 2 is 1.89 bits per heavy atom. The molecule has 1 aromatic rings. The number of hydrogen-bond donors (Lipinski definition) is 2. The molecule has 1 aliphatic heterocycles. The lowest BCUT2D eigenvalue weighted by molar-refractivity contribution is -0.140. The molecular weight excluding hydrogens is 397 g/mol. The van der Waals surface area contributed by atoms with Gasteiger partial charge in [-0.1, -0.05) is 42.5 Å². The van der Waals surface area contributed by atoms with Crippen molar-refractivity contribution >= 4 is 47.0 Å². The number of carbonyl (C=O) groups is 4. The number of nitrogens with zero attached hydrogens (tertiary/aromatic N) is 1. The number of nitrogens with one attached hydrogen (secondary N) is 2. The molecule has 1 aromatic carbocycles. The maximum absolute atomic E-state index is 12.6. The number of imide groups is 1. The molecule has 1 aliphatic carbocycles. The summed E-state index contributed by atoms with van der Waals surface area (Å²) < 4.78 is 4.88. The highest BCUT2D eigenvalue weighted by Gasteiger charge is 2.52. The van der Waals surface area contributed by atoms with Crippen molar-refractivity contribution in [2.24, 2.45) is 0 Å². The maximum Gasteiger partial charge on any atom is 0.344 e. The van der Waals surface area contributed by atoms with E-state index in [9.17, 15) is 19.2 Å². The van der Waals surface area contributed by atoms with Crippen molar-refractivity contribution in [3.63, 3.8) is 0 Å². The molecule has 1 heterocycles. The summed E-state index contributed by atoms with van der Waals surface area (Å²) >= 11 is 11.7. The second-order valence-corrected chi connectivity index (χ2v) is 7.29. The van der Waals surface area contributed by atoms with Gasteiger partial charge in [-0.25, -0.2) is 9.59 Å². The average molecular weight is 414 g/mol. The first-order chi connectivity index (χ1) is 12.8. The van der Waals surface area contributed by atoms with E-state index in [1.807, 2.05) is 0 Å². The zero-order valence-electron chi connectivity index (χ0n) is 14.2. The molecule has 1 saturated heterocycles. The van der Waals surface area contributed by atoms with Crippen LogP contribution in [0, 0.1) is 0 Å². The van der Waals surface area contributed by atoms with E-state index >= 15 is 0 Å².